The highest BCUT2D eigenvalue weighted by Gasteiger charge is 2.14. The van der Waals surface area contributed by atoms with E-state index in [-0.39, 0.29) is 12.5 Å². The molecule has 7 nitrogen and oxygen atoms in total. The van der Waals surface area contributed by atoms with Crippen molar-refractivity contribution in [2.24, 2.45) is 0 Å². The molecular formula is C17H19N3O4. The summed E-state index contributed by atoms with van der Waals surface area (Å²) < 4.78 is 4.99. The van der Waals surface area contributed by atoms with Crippen LogP contribution in [0.15, 0.2) is 36.5 Å². The fourth-order valence-electron chi connectivity index (χ4n) is 2.03. The molecule has 7 heteroatoms. The summed E-state index contributed by atoms with van der Waals surface area (Å²) in [6.07, 6.45) is 2.40. The van der Waals surface area contributed by atoms with Crippen LogP contribution < -0.4 is 10.6 Å². The van der Waals surface area contributed by atoms with Gasteiger partial charge in [-0.1, -0.05) is 25.1 Å². The van der Waals surface area contributed by atoms with Crippen molar-refractivity contribution in [3.8, 4) is 0 Å². The first kappa shape index (κ1) is 17.4. The van der Waals surface area contributed by atoms with Gasteiger partial charge in [-0.15, -0.1) is 0 Å². The van der Waals surface area contributed by atoms with Crippen LogP contribution in [-0.4, -0.2) is 42.5 Å². The van der Waals surface area contributed by atoms with E-state index in [0.29, 0.717) is 17.6 Å². The van der Waals surface area contributed by atoms with Gasteiger partial charge in [-0.2, -0.15) is 0 Å². The molecule has 0 unspecified atom stereocenters. The third-order valence-electron chi connectivity index (χ3n) is 3.21. The molecule has 0 aliphatic carbocycles. The molecule has 2 N–H and O–H groups in total. The quantitative estimate of drug-likeness (QED) is 0.740. The Morgan fingerprint density at radius 3 is 2.67 bits per heavy atom. The number of fused-ring (bicyclic) bond motifs is 1. The molecule has 1 aromatic heterocycles. The SMILES string of the molecule is CCCNC(=O)CNC(=O)COC(=O)c1cccc2cccnc12. The van der Waals surface area contributed by atoms with Crippen LogP contribution in [0.4, 0.5) is 0 Å². The average Bonchev–Trinajstić information content (AvgIpc) is 2.62. The predicted molar refractivity (Wildman–Crippen MR) is 88.3 cm³/mol. The van der Waals surface area contributed by atoms with Crippen molar-refractivity contribution in [1.82, 2.24) is 15.6 Å². The Balaban J connectivity index is 1.86. The smallest absolute Gasteiger partial charge is 0.340 e. The zero-order chi connectivity index (χ0) is 17.4. The monoisotopic (exact) mass is 329 g/mol. The molecule has 0 bridgehead atoms. The molecule has 0 atom stereocenters. The van der Waals surface area contributed by atoms with Crippen LogP contribution in [0, 0.1) is 0 Å². The second kappa shape index (κ2) is 8.61. The number of amides is 2. The van der Waals surface area contributed by atoms with E-state index in [0.717, 1.165) is 11.8 Å². The number of nitrogens with one attached hydrogen (secondary N) is 2. The Morgan fingerprint density at radius 1 is 1.08 bits per heavy atom. The molecule has 126 valence electrons. The molecule has 1 heterocycles. The van der Waals surface area contributed by atoms with Gasteiger partial charge in [-0.25, -0.2) is 4.79 Å². The largest absolute Gasteiger partial charge is 0.452 e. The van der Waals surface area contributed by atoms with E-state index in [1.165, 1.54) is 0 Å². The molecular weight excluding hydrogens is 310 g/mol. The number of esters is 1. The molecule has 0 aliphatic heterocycles. The third kappa shape index (κ3) is 4.77. The van der Waals surface area contributed by atoms with Crippen LogP contribution in [0.2, 0.25) is 0 Å². The Bertz CT molecular complexity index is 740. The lowest BCUT2D eigenvalue weighted by Gasteiger charge is -2.08. The summed E-state index contributed by atoms with van der Waals surface area (Å²) in [5.74, 6) is -1.46. The molecule has 0 spiro atoms. The number of ether oxygens (including phenoxy) is 1. The van der Waals surface area contributed by atoms with Crippen LogP contribution in [-0.2, 0) is 14.3 Å². The second-order valence-electron chi connectivity index (χ2n) is 5.08. The van der Waals surface area contributed by atoms with Gasteiger partial charge in [0, 0.05) is 18.1 Å². The minimum atomic E-state index is -0.634. The summed E-state index contributed by atoms with van der Waals surface area (Å²) in [7, 11) is 0. The number of benzene rings is 1. The number of carbonyl (C=O) groups excluding carboxylic acids is 3. The van der Waals surface area contributed by atoms with Crippen LogP contribution in [0.3, 0.4) is 0 Å². The van der Waals surface area contributed by atoms with Crippen molar-refractivity contribution in [2.75, 3.05) is 19.7 Å². The predicted octanol–water partition coefficient (Wildman–Crippen LogP) is 1.03. The Kier molecular flexibility index (Phi) is 6.24. The van der Waals surface area contributed by atoms with Crippen LogP contribution in [0.25, 0.3) is 10.9 Å². The molecule has 0 radical (unpaired) electrons. The topological polar surface area (TPSA) is 97.4 Å². The first-order chi connectivity index (χ1) is 11.6. The standard InChI is InChI=1S/C17H19N3O4/c1-2-8-18-14(21)10-20-15(22)11-24-17(23)13-7-3-5-12-6-4-9-19-16(12)13/h3-7,9H,2,8,10-11H2,1H3,(H,18,21)(H,20,22). The van der Waals surface area contributed by atoms with Gasteiger partial charge in [-0.05, 0) is 18.6 Å². The summed E-state index contributed by atoms with van der Waals surface area (Å²) in [6, 6.07) is 8.75. The van der Waals surface area contributed by atoms with Gasteiger partial charge in [0.25, 0.3) is 5.91 Å². The fourth-order valence-corrected chi connectivity index (χ4v) is 2.03. The maximum Gasteiger partial charge on any atom is 0.340 e. The zero-order valence-corrected chi connectivity index (χ0v) is 13.4. The lowest BCUT2D eigenvalue weighted by atomic mass is 10.1. The van der Waals surface area contributed by atoms with Gasteiger partial charge in [0.05, 0.1) is 17.6 Å². The van der Waals surface area contributed by atoms with Crippen LogP contribution in [0.5, 0.6) is 0 Å². The maximum absolute atomic E-state index is 12.1. The van der Waals surface area contributed by atoms with Crippen molar-refractivity contribution >= 4 is 28.7 Å². The normalized spacial score (nSPS) is 10.2. The molecule has 2 aromatic rings. The van der Waals surface area contributed by atoms with Crippen molar-refractivity contribution in [3.63, 3.8) is 0 Å². The lowest BCUT2D eigenvalue weighted by Crippen LogP contribution is -2.38. The number of pyridine rings is 1. The lowest BCUT2D eigenvalue weighted by molar-refractivity contribution is -0.127. The minimum absolute atomic E-state index is 0.147. The van der Waals surface area contributed by atoms with E-state index in [1.54, 1.807) is 24.4 Å². The zero-order valence-electron chi connectivity index (χ0n) is 13.4. The summed E-state index contributed by atoms with van der Waals surface area (Å²) in [6.45, 7) is 1.88. The molecule has 2 amide bonds. The van der Waals surface area contributed by atoms with E-state index in [4.69, 9.17) is 4.74 Å². The highest BCUT2D eigenvalue weighted by Crippen LogP contribution is 2.16. The van der Waals surface area contributed by atoms with Gasteiger partial charge in [0.15, 0.2) is 6.61 Å². The van der Waals surface area contributed by atoms with Gasteiger partial charge in [0.1, 0.15) is 0 Å². The molecule has 24 heavy (non-hydrogen) atoms. The second-order valence-corrected chi connectivity index (χ2v) is 5.08. The summed E-state index contributed by atoms with van der Waals surface area (Å²) in [4.78, 5) is 39.3. The Labute approximate surface area is 139 Å². The summed E-state index contributed by atoms with van der Waals surface area (Å²) >= 11 is 0. The number of hydrogen-bond donors (Lipinski definition) is 2. The minimum Gasteiger partial charge on any atom is -0.452 e. The van der Waals surface area contributed by atoms with Crippen molar-refractivity contribution in [3.05, 3.63) is 42.1 Å². The highest BCUT2D eigenvalue weighted by atomic mass is 16.5. The Hall–Kier alpha value is -2.96. The van der Waals surface area contributed by atoms with E-state index in [2.05, 4.69) is 15.6 Å². The van der Waals surface area contributed by atoms with E-state index >= 15 is 0 Å². The number of nitrogens with zero attached hydrogens (tertiary/aromatic N) is 1. The first-order valence-electron chi connectivity index (χ1n) is 7.66. The molecule has 0 fully saturated rings. The summed E-state index contributed by atoms with van der Waals surface area (Å²) in [5.41, 5.74) is 0.811. The molecule has 1 aromatic carbocycles. The van der Waals surface area contributed by atoms with E-state index in [1.807, 2.05) is 19.1 Å². The van der Waals surface area contributed by atoms with Crippen molar-refractivity contribution < 1.29 is 19.1 Å². The van der Waals surface area contributed by atoms with Crippen LogP contribution in [0.1, 0.15) is 23.7 Å². The van der Waals surface area contributed by atoms with Gasteiger partial charge in [-0.3, -0.25) is 14.6 Å². The van der Waals surface area contributed by atoms with Gasteiger partial charge >= 0.3 is 5.97 Å². The number of para-hydroxylation sites is 1. The first-order valence-corrected chi connectivity index (χ1v) is 7.66. The van der Waals surface area contributed by atoms with E-state index in [9.17, 15) is 14.4 Å². The van der Waals surface area contributed by atoms with Gasteiger partial charge < -0.3 is 15.4 Å². The van der Waals surface area contributed by atoms with Crippen molar-refractivity contribution in [2.45, 2.75) is 13.3 Å². The number of rotatable bonds is 7. The fraction of sp³-hybridized carbons (Fsp3) is 0.294. The number of hydrogen-bond acceptors (Lipinski definition) is 5. The van der Waals surface area contributed by atoms with Crippen molar-refractivity contribution in [1.29, 1.82) is 0 Å². The molecule has 0 saturated heterocycles. The molecule has 2 rings (SSSR count). The molecule has 0 aliphatic rings. The van der Waals surface area contributed by atoms with E-state index < -0.39 is 18.5 Å². The Morgan fingerprint density at radius 2 is 1.88 bits per heavy atom. The number of carbonyl (C=O) groups is 3. The highest BCUT2D eigenvalue weighted by molar-refractivity contribution is 6.03. The third-order valence-corrected chi connectivity index (χ3v) is 3.21. The number of aromatic nitrogens is 1. The average molecular weight is 329 g/mol. The van der Waals surface area contributed by atoms with Crippen LogP contribution >= 0.6 is 0 Å². The summed E-state index contributed by atoms with van der Waals surface area (Å²) in [5, 5.41) is 5.83. The van der Waals surface area contributed by atoms with Gasteiger partial charge in [0.2, 0.25) is 5.91 Å². The maximum atomic E-state index is 12.1. The molecule has 0 saturated carbocycles.